The van der Waals surface area contributed by atoms with E-state index in [2.05, 4.69) is 10.3 Å². The van der Waals surface area contributed by atoms with Crippen molar-refractivity contribution in [2.45, 2.75) is 17.7 Å². The number of sulfonamides is 1. The zero-order valence-electron chi connectivity index (χ0n) is 15.3. The normalized spacial score (nSPS) is 14.5. The number of likely N-dealkylation sites (N-methyl/N-ethyl adjacent to an activating group) is 1. The molecule has 1 aliphatic rings. The molecule has 150 valence electrons. The Morgan fingerprint density at radius 3 is 2.64 bits per heavy atom. The maximum absolute atomic E-state index is 12.7. The quantitative estimate of drug-likeness (QED) is 0.741. The first-order chi connectivity index (χ1) is 13.3. The van der Waals surface area contributed by atoms with Gasteiger partial charge in [0.05, 0.1) is 6.54 Å². The Kier molecular flexibility index (Phi) is 6.07. The molecule has 0 saturated carbocycles. The maximum atomic E-state index is 12.7. The number of carbonyl (C=O) groups is 2. The second-order valence-corrected chi connectivity index (χ2v) is 9.05. The summed E-state index contributed by atoms with van der Waals surface area (Å²) >= 11 is 5.87. The van der Waals surface area contributed by atoms with Crippen molar-refractivity contribution in [2.75, 3.05) is 32.0 Å². The number of H-pyrrole nitrogens is 1. The number of amides is 2. The fourth-order valence-electron chi connectivity index (χ4n) is 2.97. The lowest BCUT2D eigenvalue weighted by Crippen LogP contribution is -2.34. The fraction of sp³-hybridized carbons (Fsp3) is 0.333. The van der Waals surface area contributed by atoms with E-state index in [4.69, 9.17) is 11.6 Å². The number of likely N-dealkylation sites (tertiary alicyclic amines) is 1. The summed E-state index contributed by atoms with van der Waals surface area (Å²) in [6.45, 7) is 0.961. The Morgan fingerprint density at radius 2 is 1.96 bits per heavy atom. The van der Waals surface area contributed by atoms with Crippen LogP contribution in [0, 0.1) is 0 Å². The van der Waals surface area contributed by atoms with Crippen LogP contribution in [0.3, 0.4) is 0 Å². The van der Waals surface area contributed by atoms with Gasteiger partial charge in [-0.1, -0.05) is 17.7 Å². The molecule has 0 atom stereocenters. The molecule has 2 aromatic rings. The summed E-state index contributed by atoms with van der Waals surface area (Å²) in [6.07, 6.45) is 3.16. The molecule has 0 radical (unpaired) electrons. The maximum Gasteiger partial charge on any atom is 0.270 e. The summed E-state index contributed by atoms with van der Waals surface area (Å²) in [6, 6.07) is 7.87. The van der Waals surface area contributed by atoms with Gasteiger partial charge in [0.1, 0.15) is 10.6 Å². The summed E-state index contributed by atoms with van der Waals surface area (Å²) in [4.78, 5) is 28.9. The van der Waals surface area contributed by atoms with E-state index in [1.165, 1.54) is 19.3 Å². The van der Waals surface area contributed by atoms with Crippen molar-refractivity contribution in [1.29, 1.82) is 0 Å². The summed E-state index contributed by atoms with van der Waals surface area (Å²) in [5, 5.41) is 3.06. The van der Waals surface area contributed by atoms with Crippen molar-refractivity contribution in [1.82, 2.24) is 14.2 Å². The molecule has 2 heterocycles. The standard InChI is InChI=1S/C18H21ClN4O4S/c1-22(12-17(24)21-14-6-4-5-13(19)9-14)28(26,27)15-10-16(20-11-15)18(25)23-7-2-3-8-23/h4-6,9-11,20H,2-3,7-8,12H2,1H3,(H,21,24). The number of benzene rings is 1. The molecular weight excluding hydrogens is 404 g/mol. The molecule has 0 unspecified atom stereocenters. The van der Waals surface area contributed by atoms with Crippen LogP contribution in [0.15, 0.2) is 41.4 Å². The Hall–Kier alpha value is -2.36. The molecule has 3 rings (SSSR count). The highest BCUT2D eigenvalue weighted by atomic mass is 35.5. The molecule has 2 N–H and O–H groups in total. The molecule has 1 saturated heterocycles. The predicted octanol–water partition coefficient (Wildman–Crippen LogP) is 2.16. The lowest BCUT2D eigenvalue weighted by molar-refractivity contribution is -0.116. The number of rotatable bonds is 6. The lowest BCUT2D eigenvalue weighted by atomic mass is 10.3. The Balaban J connectivity index is 1.66. The third-order valence-corrected chi connectivity index (χ3v) is 6.48. The Morgan fingerprint density at radius 1 is 1.25 bits per heavy atom. The van der Waals surface area contributed by atoms with E-state index in [1.807, 2.05) is 0 Å². The molecule has 28 heavy (non-hydrogen) atoms. The first-order valence-electron chi connectivity index (χ1n) is 8.77. The van der Waals surface area contributed by atoms with E-state index in [9.17, 15) is 18.0 Å². The van der Waals surface area contributed by atoms with Crippen molar-refractivity contribution in [3.05, 3.63) is 47.2 Å². The Bertz CT molecular complexity index is 983. The van der Waals surface area contributed by atoms with Crippen LogP contribution in [0.25, 0.3) is 0 Å². The molecule has 0 spiro atoms. The number of anilines is 1. The summed E-state index contributed by atoms with van der Waals surface area (Å²) in [5.74, 6) is -0.724. The summed E-state index contributed by atoms with van der Waals surface area (Å²) in [7, 11) is -2.62. The van der Waals surface area contributed by atoms with Crippen LogP contribution < -0.4 is 5.32 Å². The number of carbonyl (C=O) groups excluding carboxylic acids is 2. The van der Waals surface area contributed by atoms with Gasteiger partial charge in [-0.2, -0.15) is 4.31 Å². The first-order valence-corrected chi connectivity index (χ1v) is 10.6. The molecule has 0 aliphatic carbocycles. The highest BCUT2D eigenvalue weighted by molar-refractivity contribution is 7.89. The largest absolute Gasteiger partial charge is 0.356 e. The van der Waals surface area contributed by atoms with Crippen LogP contribution in [-0.2, 0) is 14.8 Å². The van der Waals surface area contributed by atoms with Crippen molar-refractivity contribution < 1.29 is 18.0 Å². The van der Waals surface area contributed by atoms with Gasteiger partial charge in [-0.3, -0.25) is 9.59 Å². The molecular formula is C18H21ClN4O4S. The van der Waals surface area contributed by atoms with Crippen LogP contribution in [0.4, 0.5) is 5.69 Å². The van der Waals surface area contributed by atoms with Gasteiger partial charge in [-0.05, 0) is 37.1 Å². The summed E-state index contributed by atoms with van der Waals surface area (Å²) in [5.41, 5.74) is 0.695. The van der Waals surface area contributed by atoms with Crippen LogP contribution in [-0.4, -0.2) is 61.1 Å². The van der Waals surface area contributed by atoms with Gasteiger partial charge in [-0.15, -0.1) is 0 Å². The third-order valence-electron chi connectivity index (χ3n) is 4.46. The predicted molar refractivity (Wildman–Crippen MR) is 106 cm³/mol. The van der Waals surface area contributed by atoms with E-state index >= 15 is 0 Å². The van der Waals surface area contributed by atoms with Crippen LogP contribution >= 0.6 is 11.6 Å². The number of aromatic nitrogens is 1. The zero-order chi connectivity index (χ0) is 20.3. The molecule has 1 fully saturated rings. The van der Waals surface area contributed by atoms with E-state index in [0.717, 1.165) is 17.1 Å². The average Bonchev–Trinajstić information content (AvgIpc) is 3.33. The van der Waals surface area contributed by atoms with Gasteiger partial charge in [0.15, 0.2) is 0 Å². The molecule has 0 bridgehead atoms. The smallest absolute Gasteiger partial charge is 0.270 e. The number of nitrogens with one attached hydrogen (secondary N) is 2. The number of halogens is 1. The molecule has 8 nitrogen and oxygen atoms in total. The minimum absolute atomic E-state index is 0.0619. The van der Waals surface area contributed by atoms with Gasteiger partial charge in [0, 0.05) is 37.0 Å². The average molecular weight is 425 g/mol. The second-order valence-electron chi connectivity index (χ2n) is 6.57. The zero-order valence-corrected chi connectivity index (χ0v) is 16.9. The SMILES string of the molecule is CN(CC(=O)Nc1cccc(Cl)c1)S(=O)(=O)c1c[nH]c(C(=O)N2CCCC2)c1. The highest BCUT2D eigenvalue weighted by Crippen LogP contribution is 2.19. The van der Waals surface area contributed by atoms with Crippen molar-refractivity contribution >= 4 is 39.1 Å². The van der Waals surface area contributed by atoms with Gasteiger partial charge in [0.2, 0.25) is 15.9 Å². The fourth-order valence-corrected chi connectivity index (χ4v) is 4.28. The number of nitrogens with zero attached hydrogens (tertiary/aromatic N) is 2. The van der Waals surface area contributed by atoms with Crippen LogP contribution in [0.5, 0.6) is 0 Å². The van der Waals surface area contributed by atoms with E-state index in [-0.39, 0.29) is 23.0 Å². The molecule has 1 aromatic heterocycles. The van der Waals surface area contributed by atoms with Gasteiger partial charge in [-0.25, -0.2) is 8.42 Å². The van der Waals surface area contributed by atoms with E-state index in [0.29, 0.717) is 23.8 Å². The number of aromatic amines is 1. The van der Waals surface area contributed by atoms with Crippen LogP contribution in [0.2, 0.25) is 5.02 Å². The van der Waals surface area contributed by atoms with Crippen molar-refractivity contribution in [3.8, 4) is 0 Å². The minimum Gasteiger partial charge on any atom is -0.356 e. The van der Waals surface area contributed by atoms with Crippen LogP contribution in [0.1, 0.15) is 23.3 Å². The van der Waals surface area contributed by atoms with Gasteiger partial charge in [0.25, 0.3) is 5.91 Å². The van der Waals surface area contributed by atoms with Gasteiger partial charge >= 0.3 is 0 Å². The highest BCUT2D eigenvalue weighted by Gasteiger charge is 2.27. The molecule has 10 heteroatoms. The third kappa shape index (κ3) is 4.54. The van der Waals surface area contributed by atoms with E-state index < -0.39 is 15.9 Å². The summed E-state index contributed by atoms with van der Waals surface area (Å²) < 4.78 is 26.4. The Labute approximate surface area is 168 Å². The molecule has 2 amide bonds. The molecule has 1 aliphatic heterocycles. The first kappa shape index (κ1) is 20.4. The monoisotopic (exact) mass is 424 g/mol. The topological polar surface area (TPSA) is 103 Å². The molecule has 1 aromatic carbocycles. The second kappa shape index (κ2) is 8.34. The van der Waals surface area contributed by atoms with Crippen molar-refractivity contribution in [3.63, 3.8) is 0 Å². The van der Waals surface area contributed by atoms with E-state index in [1.54, 1.807) is 29.2 Å². The lowest BCUT2D eigenvalue weighted by Gasteiger charge is -2.16. The minimum atomic E-state index is -3.93. The van der Waals surface area contributed by atoms with Gasteiger partial charge < -0.3 is 15.2 Å². The van der Waals surface area contributed by atoms with Crippen molar-refractivity contribution in [2.24, 2.45) is 0 Å². The number of hydrogen-bond acceptors (Lipinski definition) is 4. The number of hydrogen-bond donors (Lipinski definition) is 2.